The highest BCUT2D eigenvalue weighted by Crippen LogP contribution is 2.43. The molecule has 0 aliphatic heterocycles. The summed E-state index contributed by atoms with van der Waals surface area (Å²) in [4.78, 5) is 15.9. The fraction of sp³-hybridized carbons (Fsp3) is 0. The van der Waals surface area contributed by atoms with Gasteiger partial charge in [0.2, 0.25) is 0 Å². The lowest BCUT2D eigenvalue weighted by Crippen LogP contribution is -2.01. The minimum absolute atomic E-state index is 0.621. The molecule has 4 nitrogen and oxygen atoms in total. The molecule has 0 bridgehead atoms. The predicted octanol–water partition coefficient (Wildman–Crippen LogP) is 14.7. The Morgan fingerprint density at radius 2 is 0.797 bits per heavy atom. The van der Waals surface area contributed by atoms with Crippen molar-refractivity contribution in [1.82, 2.24) is 15.0 Å². The zero-order valence-electron chi connectivity index (χ0n) is 31.8. The number of fused-ring (bicyclic) bond motifs is 7. The van der Waals surface area contributed by atoms with E-state index >= 15 is 0 Å². The minimum atomic E-state index is 0.621. The van der Waals surface area contributed by atoms with Crippen LogP contribution < -0.4 is 0 Å². The van der Waals surface area contributed by atoms with Crippen LogP contribution in [0.1, 0.15) is 0 Å². The number of nitrogens with zero attached hydrogens (tertiary/aromatic N) is 3. The fourth-order valence-corrected chi connectivity index (χ4v) is 8.90. The summed E-state index contributed by atoms with van der Waals surface area (Å²) in [5, 5.41) is 11.3. The maximum atomic E-state index is 6.50. The molecule has 0 aliphatic carbocycles. The van der Waals surface area contributed by atoms with Crippen LogP contribution in [0.5, 0.6) is 0 Å². The Kier molecular flexibility index (Phi) is 7.50. The summed E-state index contributed by atoms with van der Waals surface area (Å²) in [6.45, 7) is 0. The summed E-state index contributed by atoms with van der Waals surface area (Å²) >= 11 is 0. The van der Waals surface area contributed by atoms with Crippen LogP contribution in [0, 0.1) is 0 Å². The molecule has 0 aliphatic rings. The number of hydrogen-bond donors (Lipinski definition) is 0. The molecule has 0 atom stereocenters. The van der Waals surface area contributed by atoms with Crippen LogP contribution in [0.15, 0.2) is 205 Å². The molecule has 0 N–H and O–H groups in total. The largest absolute Gasteiger partial charge is 0.456 e. The molecule has 2 aromatic heterocycles. The van der Waals surface area contributed by atoms with Gasteiger partial charge in [-0.25, -0.2) is 15.0 Å². The Morgan fingerprint density at radius 1 is 0.271 bits per heavy atom. The maximum Gasteiger partial charge on any atom is 0.164 e. The van der Waals surface area contributed by atoms with Gasteiger partial charge >= 0.3 is 0 Å². The van der Waals surface area contributed by atoms with E-state index in [1.54, 1.807) is 0 Å². The SMILES string of the molecule is c1ccc(-c2ccc(-c3nc(-c4ccc5ccccc5c4)nc(-c4ccc(-c5cccc6oc7cc8ccccc8cc7c56)c5ccccc45)n3)c3ccccc23)cc1. The van der Waals surface area contributed by atoms with E-state index in [-0.39, 0.29) is 0 Å². The lowest BCUT2D eigenvalue weighted by molar-refractivity contribution is 0.669. The van der Waals surface area contributed by atoms with Gasteiger partial charge in [-0.15, -0.1) is 0 Å². The first-order valence-corrected chi connectivity index (χ1v) is 19.9. The Balaban J connectivity index is 1.08. The normalized spacial score (nSPS) is 11.7. The molecule has 12 rings (SSSR count). The average molecular weight is 752 g/mol. The van der Waals surface area contributed by atoms with Gasteiger partial charge in [-0.2, -0.15) is 0 Å². The number of benzene rings is 10. The molecule has 4 heteroatoms. The number of aromatic nitrogens is 3. The van der Waals surface area contributed by atoms with E-state index < -0.39 is 0 Å². The molecule has 0 unspecified atom stereocenters. The third kappa shape index (κ3) is 5.49. The fourth-order valence-electron chi connectivity index (χ4n) is 8.90. The van der Waals surface area contributed by atoms with E-state index in [1.807, 2.05) is 0 Å². The first-order chi connectivity index (χ1) is 29.2. The predicted molar refractivity (Wildman–Crippen MR) is 244 cm³/mol. The molecular formula is C55H33N3O. The molecule has 0 saturated heterocycles. The Hall–Kier alpha value is -7.95. The van der Waals surface area contributed by atoms with Gasteiger partial charge in [-0.1, -0.05) is 164 Å². The van der Waals surface area contributed by atoms with Crippen molar-refractivity contribution in [3.8, 4) is 56.4 Å². The smallest absolute Gasteiger partial charge is 0.164 e. The van der Waals surface area contributed by atoms with Gasteiger partial charge in [0.1, 0.15) is 11.2 Å². The molecule has 2 heterocycles. The summed E-state index contributed by atoms with van der Waals surface area (Å²) in [5.74, 6) is 1.88. The second kappa shape index (κ2) is 13.3. The summed E-state index contributed by atoms with van der Waals surface area (Å²) in [7, 11) is 0. The van der Waals surface area contributed by atoms with Crippen molar-refractivity contribution >= 4 is 65.0 Å². The van der Waals surface area contributed by atoms with Crippen molar-refractivity contribution in [2.24, 2.45) is 0 Å². The van der Waals surface area contributed by atoms with Crippen LogP contribution in [-0.2, 0) is 0 Å². The van der Waals surface area contributed by atoms with E-state index in [9.17, 15) is 0 Å². The number of rotatable bonds is 5. The summed E-state index contributed by atoms with van der Waals surface area (Å²) in [6.07, 6.45) is 0. The monoisotopic (exact) mass is 751 g/mol. The Labute approximate surface area is 339 Å². The first-order valence-electron chi connectivity index (χ1n) is 19.9. The van der Waals surface area contributed by atoms with E-state index in [2.05, 4.69) is 200 Å². The molecule has 0 spiro atoms. The summed E-state index contributed by atoms with van der Waals surface area (Å²) in [5.41, 5.74) is 9.17. The highest BCUT2D eigenvalue weighted by Gasteiger charge is 2.20. The van der Waals surface area contributed by atoms with E-state index in [0.29, 0.717) is 17.5 Å². The molecule has 10 aromatic carbocycles. The van der Waals surface area contributed by atoms with Gasteiger partial charge < -0.3 is 4.42 Å². The quantitative estimate of drug-likeness (QED) is 0.176. The van der Waals surface area contributed by atoms with Crippen LogP contribution >= 0.6 is 0 Å². The van der Waals surface area contributed by atoms with Crippen LogP contribution in [0.4, 0.5) is 0 Å². The Bertz CT molecular complexity index is 3620. The molecule has 0 fully saturated rings. The summed E-state index contributed by atoms with van der Waals surface area (Å²) in [6, 6.07) is 70.5. The molecule has 0 amide bonds. The van der Waals surface area contributed by atoms with E-state index in [1.165, 1.54) is 21.9 Å². The van der Waals surface area contributed by atoms with E-state index in [4.69, 9.17) is 19.4 Å². The standard InChI is InChI=1S/C55H33N3O/c1-2-14-35(15-3-1)40-27-29-47(43-21-10-8-19-41(40)43)54-56-53(39-26-25-34-13-4-5-16-36(34)31-39)57-55(58-54)48-30-28-45(42-20-9-11-22-44(42)48)46-23-12-24-50-52(46)49-32-37-17-6-7-18-38(37)33-51(49)59-50/h1-33H. The van der Waals surface area contributed by atoms with Gasteiger partial charge in [0.25, 0.3) is 0 Å². The highest BCUT2D eigenvalue weighted by atomic mass is 16.3. The lowest BCUT2D eigenvalue weighted by Gasteiger charge is -2.15. The second-order valence-electron chi connectivity index (χ2n) is 15.1. The number of hydrogen-bond acceptors (Lipinski definition) is 4. The van der Waals surface area contributed by atoms with Crippen molar-refractivity contribution in [2.75, 3.05) is 0 Å². The maximum absolute atomic E-state index is 6.50. The lowest BCUT2D eigenvalue weighted by atomic mass is 9.92. The third-order valence-electron chi connectivity index (χ3n) is 11.7. The molecule has 0 saturated carbocycles. The first kappa shape index (κ1) is 33.2. The van der Waals surface area contributed by atoms with Gasteiger partial charge in [0.05, 0.1) is 0 Å². The van der Waals surface area contributed by atoms with E-state index in [0.717, 1.165) is 82.1 Å². The topological polar surface area (TPSA) is 51.8 Å². The van der Waals surface area contributed by atoms with Gasteiger partial charge in [-0.05, 0) is 102 Å². The molecule has 274 valence electrons. The van der Waals surface area contributed by atoms with Gasteiger partial charge in [0.15, 0.2) is 17.5 Å². The molecule has 0 radical (unpaired) electrons. The number of furan rings is 1. The van der Waals surface area contributed by atoms with Crippen molar-refractivity contribution in [3.63, 3.8) is 0 Å². The highest BCUT2D eigenvalue weighted by molar-refractivity contribution is 6.18. The van der Waals surface area contributed by atoms with Crippen LogP contribution in [0.2, 0.25) is 0 Å². The third-order valence-corrected chi connectivity index (χ3v) is 11.7. The molecular weight excluding hydrogens is 719 g/mol. The van der Waals surface area contributed by atoms with Crippen molar-refractivity contribution in [2.45, 2.75) is 0 Å². The van der Waals surface area contributed by atoms with Crippen LogP contribution in [-0.4, -0.2) is 15.0 Å². The zero-order chi connectivity index (χ0) is 38.9. The second-order valence-corrected chi connectivity index (χ2v) is 15.1. The van der Waals surface area contributed by atoms with Crippen molar-refractivity contribution in [3.05, 3.63) is 200 Å². The van der Waals surface area contributed by atoms with Crippen LogP contribution in [0.25, 0.3) is 121 Å². The molecule has 12 aromatic rings. The van der Waals surface area contributed by atoms with Crippen molar-refractivity contribution < 1.29 is 4.42 Å². The van der Waals surface area contributed by atoms with Gasteiger partial charge in [-0.3, -0.25) is 0 Å². The zero-order valence-corrected chi connectivity index (χ0v) is 31.8. The Morgan fingerprint density at radius 3 is 1.49 bits per heavy atom. The van der Waals surface area contributed by atoms with Crippen molar-refractivity contribution in [1.29, 1.82) is 0 Å². The average Bonchev–Trinajstić information content (AvgIpc) is 3.67. The van der Waals surface area contributed by atoms with Gasteiger partial charge in [0, 0.05) is 27.5 Å². The van der Waals surface area contributed by atoms with Crippen LogP contribution in [0.3, 0.4) is 0 Å². The minimum Gasteiger partial charge on any atom is -0.456 e. The molecule has 59 heavy (non-hydrogen) atoms. The summed E-state index contributed by atoms with van der Waals surface area (Å²) < 4.78 is 6.50.